The molecule has 5 heteroatoms. The molecule has 0 spiro atoms. The fourth-order valence-corrected chi connectivity index (χ4v) is 2.43. The van der Waals surface area contributed by atoms with E-state index in [1.165, 1.54) is 0 Å². The summed E-state index contributed by atoms with van der Waals surface area (Å²) in [7, 11) is 0. The largest absolute Gasteiger partial charge is 0.494 e. The maximum Gasteiger partial charge on any atom is 0.251 e. The van der Waals surface area contributed by atoms with E-state index in [9.17, 15) is 4.79 Å². The molecule has 0 atom stereocenters. The van der Waals surface area contributed by atoms with E-state index in [1.54, 1.807) is 6.20 Å². The molecule has 1 amide bonds. The van der Waals surface area contributed by atoms with Gasteiger partial charge in [-0.25, -0.2) is 0 Å². The SMILES string of the molecule is O=C(NCCCOc1ccccc1)c1ccc(Cn2cccn2)cc1. The fourth-order valence-electron chi connectivity index (χ4n) is 2.43. The zero-order valence-corrected chi connectivity index (χ0v) is 14.0. The van der Waals surface area contributed by atoms with Gasteiger partial charge in [-0.2, -0.15) is 5.10 Å². The second-order valence-electron chi connectivity index (χ2n) is 5.67. The van der Waals surface area contributed by atoms with Gasteiger partial charge in [-0.3, -0.25) is 9.48 Å². The predicted octanol–water partition coefficient (Wildman–Crippen LogP) is 3.13. The van der Waals surface area contributed by atoms with Gasteiger partial charge in [0.05, 0.1) is 13.2 Å². The lowest BCUT2D eigenvalue weighted by atomic mass is 10.1. The van der Waals surface area contributed by atoms with E-state index in [0.29, 0.717) is 25.3 Å². The van der Waals surface area contributed by atoms with Gasteiger partial charge in [0, 0.05) is 24.5 Å². The highest BCUT2D eigenvalue weighted by Gasteiger charge is 2.05. The van der Waals surface area contributed by atoms with Crippen molar-refractivity contribution >= 4 is 5.91 Å². The topological polar surface area (TPSA) is 56.1 Å². The molecule has 0 radical (unpaired) electrons. The number of rotatable bonds is 8. The lowest BCUT2D eigenvalue weighted by Crippen LogP contribution is -2.25. The van der Waals surface area contributed by atoms with Gasteiger partial charge in [-0.1, -0.05) is 30.3 Å². The molecule has 0 saturated carbocycles. The van der Waals surface area contributed by atoms with Crippen LogP contribution in [0.5, 0.6) is 5.75 Å². The maximum atomic E-state index is 12.1. The van der Waals surface area contributed by atoms with E-state index < -0.39 is 0 Å². The van der Waals surface area contributed by atoms with E-state index in [4.69, 9.17) is 4.74 Å². The Labute approximate surface area is 147 Å². The van der Waals surface area contributed by atoms with E-state index in [-0.39, 0.29) is 5.91 Å². The quantitative estimate of drug-likeness (QED) is 0.644. The Morgan fingerprint density at radius 1 is 1.04 bits per heavy atom. The summed E-state index contributed by atoms with van der Waals surface area (Å²) in [6, 6.07) is 19.2. The highest BCUT2D eigenvalue weighted by molar-refractivity contribution is 5.94. The van der Waals surface area contributed by atoms with Crippen molar-refractivity contribution in [2.75, 3.05) is 13.2 Å². The second-order valence-corrected chi connectivity index (χ2v) is 5.67. The summed E-state index contributed by atoms with van der Waals surface area (Å²) < 4.78 is 7.45. The van der Waals surface area contributed by atoms with Crippen molar-refractivity contribution in [2.24, 2.45) is 0 Å². The highest BCUT2D eigenvalue weighted by Crippen LogP contribution is 2.08. The Hall–Kier alpha value is -3.08. The summed E-state index contributed by atoms with van der Waals surface area (Å²) in [5.74, 6) is 0.784. The summed E-state index contributed by atoms with van der Waals surface area (Å²) in [6.45, 7) is 1.86. The molecule has 128 valence electrons. The number of aromatic nitrogens is 2. The van der Waals surface area contributed by atoms with Crippen molar-refractivity contribution in [3.05, 3.63) is 84.2 Å². The Balaban J connectivity index is 1.39. The van der Waals surface area contributed by atoms with E-state index in [2.05, 4.69) is 10.4 Å². The number of nitrogens with zero attached hydrogens (tertiary/aromatic N) is 2. The van der Waals surface area contributed by atoms with Crippen LogP contribution in [0.15, 0.2) is 73.1 Å². The Morgan fingerprint density at radius 2 is 1.84 bits per heavy atom. The van der Waals surface area contributed by atoms with Gasteiger partial charge in [-0.15, -0.1) is 0 Å². The molecule has 2 aromatic carbocycles. The number of amides is 1. The third-order valence-electron chi connectivity index (χ3n) is 3.74. The summed E-state index contributed by atoms with van der Waals surface area (Å²) in [4.78, 5) is 12.1. The van der Waals surface area contributed by atoms with Crippen LogP contribution in [0, 0.1) is 0 Å². The van der Waals surface area contributed by atoms with Gasteiger partial charge in [0.2, 0.25) is 0 Å². The van der Waals surface area contributed by atoms with Crippen LogP contribution in [0.1, 0.15) is 22.3 Å². The molecule has 3 rings (SSSR count). The number of benzene rings is 2. The van der Waals surface area contributed by atoms with Crippen LogP contribution < -0.4 is 10.1 Å². The molecule has 1 aromatic heterocycles. The molecule has 0 aliphatic carbocycles. The minimum Gasteiger partial charge on any atom is -0.494 e. The number of para-hydroxylation sites is 1. The zero-order valence-electron chi connectivity index (χ0n) is 14.0. The number of carbonyl (C=O) groups excluding carboxylic acids is 1. The molecule has 0 saturated heterocycles. The maximum absolute atomic E-state index is 12.1. The highest BCUT2D eigenvalue weighted by atomic mass is 16.5. The van der Waals surface area contributed by atoms with E-state index >= 15 is 0 Å². The molecule has 0 aliphatic rings. The standard InChI is InChI=1S/C20H21N3O2/c24-20(21-12-5-15-25-19-6-2-1-3-7-19)18-10-8-17(9-11-18)16-23-14-4-13-22-23/h1-4,6-11,13-14H,5,12,15-16H2,(H,21,24). The molecular weight excluding hydrogens is 314 g/mol. The molecule has 0 fully saturated rings. The lowest BCUT2D eigenvalue weighted by Gasteiger charge is -2.08. The summed E-state index contributed by atoms with van der Waals surface area (Å²) in [6.07, 6.45) is 4.43. The van der Waals surface area contributed by atoms with Crippen molar-refractivity contribution in [1.82, 2.24) is 15.1 Å². The third kappa shape index (κ3) is 5.21. The summed E-state index contributed by atoms with van der Waals surface area (Å²) >= 11 is 0. The van der Waals surface area contributed by atoms with Gasteiger partial charge in [-0.05, 0) is 42.3 Å². The van der Waals surface area contributed by atoms with Crippen molar-refractivity contribution in [3.8, 4) is 5.75 Å². The monoisotopic (exact) mass is 335 g/mol. The minimum atomic E-state index is -0.0645. The average Bonchev–Trinajstić information content (AvgIpc) is 3.16. The number of hydrogen-bond donors (Lipinski definition) is 1. The number of hydrogen-bond acceptors (Lipinski definition) is 3. The zero-order chi connectivity index (χ0) is 17.3. The fraction of sp³-hybridized carbons (Fsp3) is 0.200. The van der Waals surface area contributed by atoms with Gasteiger partial charge in [0.1, 0.15) is 5.75 Å². The van der Waals surface area contributed by atoms with E-state index in [0.717, 1.165) is 17.7 Å². The summed E-state index contributed by atoms with van der Waals surface area (Å²) in [5.41, 5.74) is 1.77. The van der Waals surface area contributed by atoms with E-state index in [1.807, 2.05) is 71.5 Å². The molecular formula is C20H21N3O2. The van der Waals surface area contributed by atoms with Crippen LogP contribution >= 0.6 is 0 Å². The Morgan fingerprint density at radius 3 is 2.56 bits per heavy atom. The first kappa shape index (κ1) is 16.8. The molecule has 1 heterocycles. The molecule has 5 nitrogen and oxygen atoms in total. The number of nitrogens with one attached hydrogen (secondary N) is 1. The number of carbonyl (C=O) groups is 1. The number of ether oxygens (including phenoxy) is 1. The molecule has 0 bridgehead atoms. The van der Waals surface area contributed by atoms with Crippen molar-refractivity contribution < 1.29 is 9.53 Å². The first-order valence-electron chi connectivity index (χ1n) is 8.34. The molecule has 0 unspecified atom stereocenters. The van der Waals surface area contributed by atoms with Crippen LogP contribution in [0.4, 0.5) is 0 Å². The van der Waals surface area contributed by atoms with Gasteiger partial charge in [0.25, 0.3) is 5.91 Å². The Bertz CT molecular complexity index is 768. The smallest absolute Gasteiger partial charge is 0.251 e. The molecule has 3 aromatic rings. The molecule has 25 heavy (non-hydrogen) atoms. The molecule has 1 N–H and O–H groups in total. The Kier molecular flexibility index (Phi) is 5.82. The van der Waals surface area contributed by atoms with Crippen LogP contribution in [-0.2, 0) is 6.54 Å². The third-order valence-corrected chi connectivity index (χ3v) is 3.74. The van der Waals surface area contributed by atoms with Crippen molar-refractivity contribution in [1.29, 1.82) is 0 Å². The predicted molar refractivity (Wildman–Crippen MR) is 96.7 cm³/mol. The lowest BCUT2D eigenvalue weighted by molar-refractivity contribution is 0.0951. The van der Waals surface area contributed by atoms with Crippen LogP contribution in [0.25, 0.3) is 0 Å². The summed E-state index contributed by atoms with van der Waals surface area (Å²) in [5, 5.41) is 7.09. The first-order valence-corrected chi connectivity index (χ1v) is 8.34. The van der Waals surface area contributed by atoms with Crippen molar-refractivity contribution in [3.63, 3.8) is 0 Å². The normalized spacial score (nSPS) is 10.4. The van der Waals surface area contributed by atoms with Gasteiger partial charge < -0.3 is 10.1 Å². The minimum absolute atomic E-state index is 0.0645. The van der Waals surface area contributed by atoms with Crippen LogP contribution in [0.3, 0.4) is 0 Å². The second kappa shape index (κ2) is 8.68. The van der Waals surface area contributed by atoms with Crippen molar-refractivity contribution in [2.45, 2.75) is 13.0 Å². The average molecular weight is 335 g/mol. The van der Waals surface area contributed by atoms with Crippen LogP contribution in [0.2, 0.25) is 0 Å². The first-order chi connectivity index (χ1) is 12.3. The van der Waals surface area contributed by atoms with Gasteiger partial charge in [0.15, 0.2) is 0 Å². The molecule has 0 aliphatic heterocycles. The van der Waals surface area contributed by atoms with Gasteiger partial charge >= 0.3 is 0 Å². The van der Waals surface area contributed by atoms with Crippen LogP contribution in [-0.4, -0.2) is 28.8 Å².